The quantitative estimate of drug-likeness (QED) is 0.656. The molecule has 6 nitrogen and oxygen atoms in total. The lowest BCUT2D eigenvalue weighted by Crippen LogP contribution is -2.29. The van der Waals surface area contributed by atoms with Crippen LogP contribution in [0.5, 0.6) is 17.2 Å². The molecule has 1 amide bonds. The molecule has 0 spiro atoms. The van der Waals surface area contributed by atoms with Crippen LogP contribution in [0, 0.1) is 0 Å². The van der Waals surface area contributed by atoms with E-state index >= 15 is 0 Å². The molecule has 0 aliphatic heterocycles. The summed E-state index contributed by atoms with van der Waals surface area (Å²) in [6.07, 6.45) is 0.794. The molecule has 0 aromatic heterocycles. The molecule has 0 bridgehead atoms. The number of ether oxygens (including phenoxy) is 3. The minimum Gasteiger partial charge on any atom is -0.497 e. The van der Waals surface area contributed by atoms with E-state index in [0.717, 1.165) is 17.7 Å². The van der Waals surface area contributed by atoms with Gasteiger partial charge in [-0.2, -0.15) is 0 Å². The Balaban J connectivity index is 1.85. The molecule has 2 rings (SSSR count). The zero-order valence-electron chi connectivity index (χ0n) is 15.1. The molecule has 2 aromatic carbocycles. The van der Waals surface area contributed by atoms with Gasteiger partial charge in [-0.1, -0.05) is 23.7 Å². The average Bonchev–Trinajstić information content (AvgIpc) is 2.66. The Morgan fingerprint density at radius 3 is 2.50 bits per heavy atom. The molecule has 0 saturated heterocycles. The van der Waals surface area contributed by atoms with Crippen LogP contribution in [0.2, 0.25) is 5.02 Å². The fourth-order valence-corrected chi connectivity index (χ4v) is 2.65. The molecule has 0 atom stereocenters. The van der Waals surface area contributed by atoms with Crippen molar-refractivity contribution in [3.8, 4) is 17.2 Å². The van der Waals surface area contributed by atoms with Crippen LogP contribution < -0.4 is 24.8 Å². The van der Waals surface area contributed by atoms with Gasteiger partial charge >= 0.3 is 0 Å². The summed E-state index contributed by atoms with van der Waals surface area (Å²) in [4.78, 5) is 12.2. The molecule has 0 aliphatic carbocycles. The van der Waals surface area contributed by atoms with Crippen molar-refractivity contribution in [3.05, 3.63) is 47.0 Å². The number of hydrogen-bond acceptors (Lipinski definition) is 5. The number of hydrogen-bond donors (Lipinski definition) is 2. The number of rotatable bonds is 9. The molecule has 2 aromatic rings. The highest BCUT2D eigenvalue weighted by molar-refractivity contribution is 6.32. The third kappa shape index (κ3) is 5.54. The maximum absolute atomic E-state index is 12.2. The van der Waals surface area contributed by atoms with Gasteiger partial charge in [0.25, 0.3) is 0 Å². The van der Waals surface area contributed by atoms with Gasteiger partial charge in [0.1, 0.15) is 17.2 Å². The minimum absolute atomic E-state index is 0.179. The predicted molar refractivity (Wildman–Crippen MR) is 103 cm³/mol. The highest BCUT2D eigenvalue weighted by Gasteiger charge is 2.12. The summed E-state index contributed by atoms with van der Waals surface area (Å²) in [5.74, 6) is 1.58. The Kier molecular flexibility index (Phi) is 7.56. The number of halogens is 1. The largest absolute Gasteiger partial charge is 0.497 e. The van der Waals surface area contributed by atoms with E-state index in [1.54, 1.807) is 19.2 Å². The van der Waals surface area contributed by atoms with Gasteiger partial charge in [-0.15, -0.1) is 0 Å². The minimum atomic E-state index is -0.182. The topological polar surface area (TPSA) is 68.8 Å². The van der Waals surface area contributed by atoms with Gasteiger partial charge in [0.05, 0.1) is 38.6 Å². The molecule has 0 saturated carbocycles. The summed E-state index contributed by atoms with van der Waals surface area (Å²) < 4.78 is 15.6. The fraction of sp³-hybridized carbons (Fsp3) is 0.316. The molecule has 0 unspecified atom stereocenters. The van der Waals surface area contributed by atoms with Crippen molar-refractivity contribution in [1.29, 1.82) is 0 Å². The van der Waals surface area contributed by atoms with Crippen molar-refractivity contribution in [2.75, 3.05) is 39.7 Å². The second-order valence-electron chi connectivity index (χ2n) is 5.51. The Bertz CT molecular complexity index is 752. The number of carbonyl (C=O) groups excluding carboxylic acids is 1. The smallest absolute Gasteiger partial charge is 0.238 e. The molecule has 0 fully saturated rings. The van der Waals surface area contributed by atoms with Crippen molar-refractivity contribution in [3.63, 3.8) is 0 Å². The SMILES string of the molecule is COc1cccc(CCNCC(=O)Nc2cc(OC)c(Cl)cc2OC)c1. The zero-order chi connectivity index (χ0) is 18.9. The van der Waals surface area contributed by atoms with Gasteiger partial charge in [-0.25, -0.2) is 0 Å². The number of nitrogens with one attached hydrogen (secondary N) is 2. The van der Waals surface area contributed by atoms with Crippen molar-refractivity contribution < 1.29 is 19.0 Å². The molecular weight excluding hydrogens is 356 g/mol. The van der Waals surface area contributed by atoms with Crippen LogP contribution in [-0.4, -0.2) is 40.3 Å². The Hall–Kier alpha value is -2.44. The Labute approximate surface area is 158 Å². The van der Waals surface area contributed by atoms with Gasteiger partial charge < -0.3 is 24.8 Å². The first-order chi connectivity index (χ1) is 12.6. The lowest BCUT2D eigenvalue weighted by Gasteiger charge is -2.13. The number of methoxy groups -OCH3 is 3. The number of amides is 1. The van der Waals surface area contributed by atoms with E-state index in [2.05, 4.69) is 10.6 Å². The number of benzene rings is 2. The first kappa shape index (κ1) is 19.9. The van der Waals surface area contributed by atoms with Gasteiger partial charge in [0.15, 0.2) is 0 Å². The van der Waals surface area contributed by atoms with Gasteiger partial charge in [-0.3, -0.25) is 4.79 Å². The second-order valence-corrected chi connectivity index (χ2v) is 5.92. The molecule has 26 heavy (non-hydrogen) atoms. The van der Waals surface area contributed by atoms with E-state index in [1.165, 1.54) is 14.2 Å². The van der Waals surface area contributed by atoms with Crippen LogP contribution in [0.1, 0.15) is 5.56 Å². The summed E-state index contributed by atoms with van der Waals surface area (Å²) >= 11 is 6.06. The van der Waals surface area contributed by atoms with Crippen LogP contribution in [-0.2, 0) is 11.2 Å². The van der Waals surface area contributed by atoms with Crippen molar-refractivity contribution in [1.82, 2.24) is 5.32 Å². The van der Waals surface area contributed by atoms with E-state index in [1.807, 2.05) is 24.3 Å². The standard InChI is InChI=1S/C19H23ClN2O4/c1-24-14-6-4-5-13(9-14)7-8-21-12-19(23)22-16-11-17(25-2)15(20)10-18(16)26-3/h4-6,9-11,21H,7-8,12H2,1-3H3,(H,22,23). The Morgan fingerprint density at radius 1 is 1.04 bits per heavy atom. The summed E-state index contributed by atoms with van der Waals surface area (Å²) in [6.45, 7) is 0.847. The first-order valence-corrected chi connectivity index (χ1v) is 8.50. The van der Waals surface area contributed by atoms with Crippen LogP contribution in [0.4, 0.5) is 5.69 Å². The first-order valence-electron chi connectivity index (χ1n) is 8.12. The van der Waals surface area contributed by atoms with Crippen LogP contribution in [0.3, 0.4) is 0 Å². The monoisotopic (exact) mass is 378 g/mol. The summed E-state index contributed by atoms with van der Waals surface area (Å²) in [5.41, 5.74) is 1.65. The zero-order valence-corrected chi connectivity index (χ0v) is 15.9. The van der Waals surface area contributed by atoms with Gasteiger partial charge in [0, 0.05) is 12.1 Å². The summed E-state index contributed by atoms with van der Waals surface area (Å²) in [5, 5.41) is 6.33. The third-order valence-corrected chi connectivity index (χ3v) is 4.05. The molecule has 0 heterocycles. The number of anilines is 1. The van der Waals surface area contributed by atoms with Crippen molar-refractivity contribution in [2.45, 2.75) is 6.42 Å². The van der Waals surface area contributed by atoms with E-state index < -0.39 is 0 Å². The Morgan fingerprint density at radius 2 is 1.81 bits per heavy atom. The van der Waals surface area contributed by atoms with Crippen molar-refractivity contribution in [2.24, 2.45) is 0 Å². The molecule has 140 valence electrons. The second kappa shape index (κ2) is 9.89. The van der Waals surface area contributed by atoms with Gasteiger partial charge in [0.2, 0.25) is 5.91 Å². The molecule has 2 N–H and O–H groups in total. The lowest BCUT2D eigenvalue weighted by atomic mass is 10.1. The summed E-state index contributed by atoms with van der Waals surface area (Å²) in [7, 11) is 4.67. The van der Waals surface area contributed by atoms with E-state index in [0.29, 0.717) is 28.8 Å². The molecule has 7 heteroatoms. The third-order valence-electron chi connectivity index (χ3n) is 3.76. The average molecular weight is 379 g/mol. The fourth-order valence-electron chi connectivity index (χ4n) is 2.42. The maximum Gasteiger partial charge on any atom is 0.238 e. The van der Waals surface area contributed by atoms with Gasteiger partial charge in [-0.05, 0) is 30.7 Å². The predicted octanol–water partition coefficient (Wildman–Crippen LogP) is 3.14. The number of carbonyl (C=O) groups is 1. The van der Waals surface area contributed by atoms with Crippen LogP contribution in [0.25, 0.3) is 0 Å². The van der Waals surface area contributed by atoms with E-state index in [9.17, 15) is 4.79 Å². The maximum atomic E-state index is 12.2. The highest BCUT2D eigenvalue weighted by Crippen LogP contribution is 2.35. The molecular formula is C19H23ClN2O4. The molecule has 0 aliphatic rings. The van der Waals surface area contributed by atoms with E-state index in [4.69, 9.17) is 25.8 Å². The van der Waals surface area contributed by atoms with Crippen LogP contribution >= 0.6 is 11.6 Å². The van der Waals surface area contributed by atoms with Crippen molar-refractivity contribution >= 4 is 23.2 Å². The highest BCUT2D eigenvalue weighted by atomic mass is 35.5. The normalized spacial score (nSPS) is 10.3. The summed E-state index contributed by atoms with van der Waals surface area (Å²) in [6, 6.07) is 11.1. The molecule has 0 radical (unpaired) electrons. The van der Waals surface area contributed by atoms with E-state index in [-0.39, 0.29) is 12.5 Å². The van der Waals surface area contributed by atoms with Crippen LogP contribution in [0.15, 0.2) is 36.4 Å². The lowest BCUT2D eigenvalue weighted by molar-refractivity contribution is -0.115.